The summed E-state index contributed by atoms with van der Waals surface area (Å²) in [4.78, 5) is 39.0. The molecule has 2 N–H and O–H groups in total. The van der Waals surface area contributed by atoms with Crippen molar-refractivity contribution in [1.82, 2.24) is 5.43 Å². The first-order valence-corrected chi connectivity index (χ1v) is 15.0. The summed E-state index contributed by atoms with van der Waals surface area (Å²) < 4.78 is 43.3. The fourth-order valence-electron chi connectivity index (χ4n) is 4.70. The van der Waals surface area contributed by atoms with Crippen molar-refractivity contribution < 1.29 is 52.3 Å². The van der Waals surface area contributed by atoms with Gasteiger partial charge in [-0.05, 0) is 73.2 Å². The third-order valence-corrected chi connectivity index (χ3v) is 7.06. The molecule has 14 nitrogen and oxygen atoms in total. The van der Waals surface area contributed by atoms with Crippen LogP contribution in [0.5, 0.6) is 46.0 Å². The molecule has 0 aromatic heterocycles. The van der Waals surface area contributed by atoms with Crippen molar-refractivity contribution in [3.63, 3.8) is 0 Å². The largest absolute Gasteiger partial charge is 0.493 e. The molecular formula is C36H37N3O11. The number of rotatable bonds is 15. The van der Waals surface area contributed by atoms with Crippen LogP contribution in [0.25, 0.3) is 0 Å². The fourth-order valence-corrected chi connectivity index (χ4v) is 4.70. The van der Waals surface area contributed by atoms with Gasteiger partial charge in [0, 0.05) is 16.8 Å². The standard InChI is InChI=1S/C36H37N3O11/c1-8-49-27-14-21(12-13-26(27)50-36(42)24-18-30(45-4)33(48-7)31(19-24)46-5)20-37-39-35(41)22-10-9-11-25(15-22)38-34(40)23-16-28(43-2)32(47-6)29(17-23)44-3/h9-20H,8H2,1-7H3,(H,38,40)(H,39,41). The number of benzene rings is 4. The highest BCUT2D eigenvalue weighted by Crippen LogP contribution is 2.40. The summed E-state index contributed by atoms with van der Waals surface area (Å²) in [6.07, 6.45) is 1.40. The van der Waals surface area contributed by atoms with Crippen LogP contribution in [0, 0.1) is 0 Å². The van der Waals surface area contributed by atoms with E-state index in [-0.39, 0.29) is 28.2 Å². The number of nitrogens with one attached hydrogen (secondary N) is 2. The van der Waals surface area contributed by atoms with Gasteiger partial charge in [0.25, 0.3) is 11.8 Å². The number of ether oxygens (including phenoxy) is 8. The maximum absolute atomic E-state index is 13.1. The minimum atomic E-state index is -0.680. The highest BCUT2D eigenvalue weighted by atomic mass is 16.6. The number of methoxy groups -OCH3 is 6. The number of nitrogens with zero attached hydrogens (tertiary/aromatic N) is 1. The van der Waals surface area contributed by atoms with Gasteiger partial charge in [0.05, 0.1) is 61.0 Å². The smallest absolute Gasteiger partial charge is 0.343 e. The molecule has 4 aromatic rings. The Morgan fingerprint density at radius 2 is 1.20 bits per heavy atom. The van der Waals surface area contributed by atoms with E-state index >= 15 is 0 Å². The predicted molar refractivity (Wildman–Crippen MR) is 184 cm³/mol. The number of amides is 2. The molecule has 2 amide bonds. The van der Waals surface area contributed by atoms with Gasteiger partial charge in [-0.25, -0.2) is 10.2 Å². The second kappa shape index (κ2) is 17.1. The first-order chi connectivity index (χ1) is 24.2. The van der Waals surface area contributed by atoms with Gasteiger partial charge in [-0.2, -0.15) is 5.10 Å². The SMILES string of the molecule is CCOc1cc(C=NNC(=O)c2cccc(NC(=O)c3cc(OC)c(OC)c(OC)c3)c2)ccc1OC(=O)c1cc(OC)c(OC)c(OC)c1. The van der Waals surface area contributed by atoms with Crippen LogP contribution >= 0.6 is 0 Å². The Labute approximate surface area is 288 Å². The number of anilines is 1. The van der Waals surface area contributed by atoms with Crippen molar-refractivity contribution in [2.24, 2.45) is 5.10 Å². The Bertz CT molecular complexity index is 1840. The molecule has 262 valence electrons. The number of hydrogen-bond donors (Lipinski definition) is 2. The second-order valence-electron chi connectivity index (χ2n) is 10.1. The average molecular weight is 688 g/mol. The summed E-state index contributed by atoms with van der Waals surface area (Å²) in [5, 5.41) is 6.81. The van der Waals surface area contributed by atoms with Gasteiger partial charge in [0.2, 0.25) is 11.5 Å². The van der Waals surface area contributed by atoms with E-state index in [9.17, 15) is 14.4 Å². The van der Waals surface area contributed by atoms with Gasteiger partial charge in [-0.15, -0.1) is 0 Å². The maximum atomic E-state index is 13.1. The first kappa shape index (κ1) is 36.4. The zero-order chi connectivity index (χ0) is 36.2. The summed E-state index contributed by atoms with van der Waals surface area (Å²) in [6.45, 7) is 2.07. The molecule has 0 atom stereocenters. The van der Waals surface area contributed by atoms with Crippen LogP contribution in [0.1, 0.15) is 43.6 Å². The lowest BCUT2D eigenvalue weighted by molar-refractivity contribution is 0.0727. The molecule has 4 aromatic carbocycles. The monoisotopic (exact) mass is 687 g/mol. The molecule has 14 heteroatoms. The quantitative estimate of drug-likeness (QED) is 0.0715. The molecule has 50 heavy (non-hydrogen) atoms. The maximum Gasteiger partial charge on any atom is 0.343 e. The van der Waals surface area contributed by atoms with Crippen LogP contribution in [0.3, 0.4) is 0 Å². The molecule has 0 bridgehead atoms. The molecule has 0 heterocycles. The van der Waals surface area contributed by atoms with Crippen LogP contribution in [-0.2, 0) is 0 Å². The van der Waals surface area contributed by atoms with E-state index in [2.05, 4.69) is 15.8 Å². The number of carbonyl (C=O) groups excluding carboxylic acids is 3. The van der Waals surface area contributed by atoms with Gasteiger partial charge in [-0.1, -0.05) is 6.07 Å². The molecule has 0 saturated heterocycles. The Hall–Kier alpha value is -6.44. The lowest BCUT2D eigenvalue weighted by Crippen LogP contribution is -2.18. The first-order valence-electron chi connectivity index (χ1n) is 15.0. The van der Waals surface area contributed by atoms with Gasteiger partial charge >= 0.3 is 5.97 Å². The molecule has 0 fully saturated rings. The zero-order valence-electron chi connectivity index (χ0n) is 28.6. The van der Waals surface area contributed by atoms with E-state index in [1.54, 1.807) is 43.3 Å². The normalized spacial score (nSPS) is 10.5. The fraction of sp³-hybridized carbons (Fsp3) is 0.222. The molecule has 0 aliphatic rings. The Morgan fingerprint density at radius 3 is 1.74 bits per heavy atom. The van der Waals surface area contributed by atoms with Crippen molar-refractivity contribution >= 4 is 29.7 Å². The van der Waals surface area contributed by atoms with Crippen molar-refractivity contribution in [2.45, 2.75) is 6.92 Å². The van der Waals surface area contributed by atoms with Crippen LogP contribution in [-0.4, -0.2) is 73.3 Å². The van der Waals surface area contributed by atoms with Crippen molar-refractivity contribution in [3.05, 3.63) is 89.0 Å². The topological polar surface area (TPSA) is 161 Å². The highest BCUT2D eigenvalue weighted by molar-refractivity contribution is 6.06. The highest BCUT2D eigenvalue weighted by Gasteiger charge is 2.21. The molecule has 0 aliphatic heterocycles. The van der Waals surface area contributed by atoms with E-state index in [4.69, 9.17) is 37.9 Å². The van der Waals surface area contributed by atoms with Gasteiger partial charge in [0.15, 0.2) is 34.5 Å². The van der Waals surface area contributed by atoms with Crippen LogP contribution in [0.4, 0.5) is 5.69 Å². The number of carbonyl (C=O) groups is 3. The van der Waals surface area contributed by atoms with Gasteiger partial charge in [-0.3, -0.25) is 9.59 Å². The lowest BCUT2D eigenvalue weighted by Gasteiger charge is -2.15. The Morgan fingerprint density at radius 1 is 0.620 bits per heavy atom. The third kappa shape index (κ3) is 8.52. The van der Waals surface area contributed by atoms with Crippen LogP contribution < -0.4 is 48.6 Å². The van der Waals surface area contributed by atoms with Crippen molar-refractivity contribution in [1.29, 1.82) is 0 Å². The molecule has 4 rings (SSSR count). The Balaban J connectivity index is 1.44. The minimum Gasteiger partial charge on any atom is -0.493 e. The number of hydrogen-bond acceptors (Lipinski definition) is 12. The second-order valence-corrected chi connectivity index (χ2v) is 10.1. The summed E-state index contributed by atoms with van der Waals surface area (Å²) in [5.41, 5.74) is 4.05. The molecule has 0 aliphatic carbocycles. The zero-order valence-corrected chi connectivity index (χ0v) is 28.6. The van der Waals surface area contributed by atoms with Gasteiger partial charge in [0.1, 0.15) is 0 Å². The van der Waals surface area contributed by atoms with E-state index in [1.165, 1.54) is 79.2 Å². The molecule has 0 radical (unpaired) electrons. The Kier molecular flexibility index (Phi) is 12.5. The third-order valence-electron chi connectivity index (χ3n) is 7.06. The minimum absolute atomic E-state index is 0.164. The molecule has 0 spiro atoms. The molecular weight excluding hydrogens is 650 g/mol. The van der Waals surface area contributed by atoms with Crippen molar-refractivity contribution in [3.8, 4) is 46.0 Å². The summed E-state index contributed by atoms with van der Waals surface area (Å²) >= 11 is 0. The van der Waals surface area contributed by atoms with E-state index < -0.39 is 17.8 Å². The molecule has 0 saturated carbocycles. The summed E-state index contributed by atoms with van der Waals surface area (Å²) in [5.74, 6) is 0.709. The van der Waals surface area contributed by atoms with E-state index in [1.807, 2.05) is 0 Å². The average Bonchev–Trinajstić information content (AvgIpc) is 3.14. The lowest BCUT2D eigenvalue weighted by atomic mass is 10.1. The summed E-state index contributed by atoms with van der Waals surface area (Å²) in [7, 11) is 8.72. The van der Waals surface area contributed by atoms with E-state index in [0.717, 1.165) is 0 Å². The van der Waals surface area contributed by atoms with Crippen LogP contribution in [0.15, 0.2) is 71.8 Å². The van der Waals surface area contributed by atoms with E-state index in [0.29, 0.717) is 52.4 Å². The summed E-state index contributed by atoms with van der Waals surface area (Å²) in [6, 6.07) is 17.1. The van der Waals surface area contributed by atoms with Crippen LogP contribution in [0.2, 0.25) is 0 Å². The predicted octanol–water partition coefficient (Wildman–Crippen LogP) is 5.37. The number of esters is 1. The number of hydrazone groups is 1. The molecule has 0 unspecified atom stereocenters. The van der Waals surface area contributed by atoms with Gasteiger partial charge < -0.3 is 43.2 Å². The van der Waals surface area contributed by atoms with Crippen molar-refractivity contribution in [2.75, 3.05) is 54.6 Å².